The van der Waals surface area contributed by atoms with E-state index < -0.39 is 4.65 Å². The average Bonchev–Trinajstić information content (AvgIpc) is 2.04. The summed E-state index contributed by atoms with van der Waals surface area (Å²) in [5.41, 5.74) is 0. The van der Waals surface area contributed by atoms with Crippen LogP contribution >= 0.6 is 9.24 Å². The highest BCUT2D eigenvalue weighted by atomic mass is 31.0. The molecule has 0 heterocycles. The van der Waals surface area contributed by atoms with Gasteiger partial charge in [-0.1, -0.05) is 13.2 Å². The topological polar surface area (TPSA) is 40.1 Å². The molecule has 0 aliphatic rings. The predicted molar refractivity (Wildman–Crippen MR) is 53.3 cm³/mol. The van der Waals surface area contributed by atoms with Gasteiger partial charge in [-0.25, -0.2) is 4.79 Å². The van der Waals surface area contributed by atoms with E-state index in [1.54, 1.807) is 0 Å². The molecule has 68 valence electrons. The second kappa shape index (κ2) is 5.20. The highest BCUT2D eigenvalue weighted by Crippen LogP contribution is 2.07. The Hall–Kier alpha value is -0.500. The summed E-state index contributed by atoms with van der Waals surface area (Å²) in [6.07, 6.45) is 3.08. The monoisotopic (exact) mass is 187 g/mol. The van der Waals surface area contributed by atoms with Gasteiger partial charge in [0.1, 0.15) is 13.1 Å². The first-order valence-electron chi connectivity index (χ1n) is 3.64. The van der Waals surface area contributed by atoms with Crippen molar-refractivity contribution < 1.29 is 9.44 Å². The molecule has 0 aliphatic heterocycles. The van der Waals surface area contributed by atoms with Crippen molar-refractivity contribution in [3.8, 4) is 0 Å². The molecule has 0 radical (unpaired) electrons. The summed E-state index contributed by atoms with van der Waals surface area (Å²) in [6.45, 7) is 7.09. The van der Waals surface area contributed by atoms with Crippen molar-refractivity contribution >= 4 is 15.1 Å². The predicted octanol–water partition coefficient (Wildman–Crippen LogP) is 1.07. The third kappa shape index (κ3) is 2.86. The first kappa shape index (κ1) is 11.5. The summed E-state index contributed by atoms with van der Waals surface area (Å²) < 4.78 is -0.878. The minimum Gasteiger partial charge on any atom is -0.625 e. The van der Waals surface area contributed by atoms with E-state index in [1.165, 1.54) is 12.2 Å². The van der Waals surface area contributed by atoms with Gasteiger partial charge in [0.15, 0.2) is 0 Å². The van der Waals surface area contributed by atoms with Gasteiger partial charge in [-0.05, 0) is 12.2 Å². The average molecular weight is 187 g/mol. The van der Waals surface area contributed by atoms with Crippen LogP contribution in [0.5, 0.6) is 0 Å². The van der Waals surface area contributed by atoms with Crippen LogP contribution in [-0.2, 0) is 4.79 Å². The Balaban J connectivity index is 4.46. The second-order valence-corrected chi connectivity index (χ2v) is 2.84. The highest BCUT2D eigenvalue weighted by Gasteiger charge is 2.22. The van der Waals surface area contributed by atoms with E-state index in [0.29, 0.717) is 0 Å². The maximum atomic E-state index is 11.7. The molecule has 0 aromatic heterocycles. The molecule has 0 aromatic carbocycles. The van der Waals surface area contributed by atoms with Gasteiger partial charge in [-0.2, -0.15) is 0 Å². The second-order valence-electron chi connectivity index (χ2n) is 2.43. The number of amides is 1. The third-order valence-corrected chi connectivity index (χ3v) is 1.83. The maximum Gasteiger partial charge on any atom is 0.317 e. The lowest BCUT2D eigenvalue weighted by atomic mass is 10.4. The number of quaternary nitrogens is 1. The van der Waals surface area contributed by atoms with Gasteiger partial charge in [0.05, 0.1) is 6.16 Å². The summed E-state index contributed by atoms with van der Waals surface area (Å²) in [5, 5.41) is 11.7. The van der Waals surface area contributed by atoms with Crippen LogP contribution in [-0.4, -0.2) is 29.8 Å². The fourth-order valence-corrected chi connectivity index (χ4v) is 1.19. The first-order chi connectivity index (χ1) is 5.60. The zero-order valence-corrected chi connectivity index (χ0v) is 8.19. The van der Waals surface area contributed by atoms with E-state index in [4.69, 9.17) is 0 Å². The molecule has 0 N–H and O–H groups in total. The molecule has 1 atom stereocenters. The number of hydrogen-bond acceptors (Lipinski definition) is 2. The highest BCUT2D eigenvalue weighted by molar-refractivity contribution is 7.18. The van der Waals surface area contributed by atoms with Crippen LogP contribution < -0.4 is 0 Å². The molecule has 1 unspecified atom stereocenters. The summed E-state index contributed by atoms with van der Waals surface area (Å²) in [5.74, 6) is -0.361. The molecule has 4 heteroatoms. The molecule has 0 aliphatic carbocycles. The molecule has 0 saturated heterocycles. The zero-order chi connectivity index (χ0) is 9.61. The van der Waals surface area contributed by atoms with Crippen LogP contribution in [0.25, 0.3) is 0 Å². The number of nitrogens with zero attached hydrogens (tertiary/aromatic N) is 1. The number of carbonyl (C=O) groups is 1. The normalized spacial score (nSPS) is 10.8. The van der Waals surface area contributed by atoms with E-state index >= 15 is 0 Å². The Labute approximate surface area is 75.1 Å². The Morgan fingerprint density at radius 3 is 2.08 bits per heavy atom. The SMILES string of the molecule is C=CC[N+]([O-])(CC=C)C(=O)CP. The van der Waals surface area contributed by atoms with E-state index in [-0.39, 0.29) is 25.2 Å². The van der Waals surface area contributed by atoms with Crippen LogP contribution in [0, 0.1) is 5.21 Å². The zero-order valence-electron chi connectivity index (χ0n) is 7.03. The standard InChI is InChI=1S/C8H14NO2P/c1-3-5-9(11,6-4-2)8(10)7-12/h3-4H,1-2,5-7,12H2. The Bertz CT molecular complexity index is 181. The molecule has 0 saturated carbocycles. The fraction of sp³-hybridized carbons (Fsp3) is 0.375. The smallest absolute Gasteiger partial charge is 0.317 e. The van der Waals surface area contributed by atoms with Gasteiger partial charge >= 0.3 is 5.91 Å². The molecule has 0 spiro atoms. The van der Waals surface area contributed by atoms with Gasteiger partial charge in [-0.15, -0.1) is 9.24 Å². The first-order valence-corrected chi connectivity index (χ1v) is 4.45. The minimum atomic E-state index is -0.878. The fourth-order valence-electron chi connectivity index (χ4n) is 0.862. The van der Waals surface area contributed by atoms with Crippen molar-refractivity contribution in [2.75, 3.05) is 19.3 Å². The number of hydrogen-bond donors (Lipinski definition) is 0. The van der Waals surface area contributed by atoms with Crippen molar-refractivity contribution in [2.45, 2.75) is 0 Å². The van der Waals surface area contributed by atoms with E-state index in [2.05, 4.69) is 22.4 Å². The van der Waals surface area contributed by atoms with Crippen LogP contribution in [0.15, 0.2) is 25.3 Å². The molecular weight excluding hydrogens is 173 g/mol. The Morgan fingerprint density at radius 1 is 1.42 bits per heavy atom. The Kier molecular flexibility index (Phi) is 4.98. The van der Waals surface area contributed by atoms with Crippen molar-refractivity contribution in [3.63, 3.8) is 0 Å². The van der Waals surface area contributed by atoms with E-state index in [0.717, 1.165) is 0 Å². The van der Waals surface area contributed by atoms with Crippen molar-refractivity contribution in [1.82, 2.24) is 0 Å². The van der Waals surface area contributed by atoms with Crippen molar-refractivity contribution in [3.05, 3.63) is 30.5 Å². The number of carbonyl (C=O) groups excluding carboxylic acids is 1. The molecule has 12 heavy (non-hydrogen) atoms. The summed E-state index contributed by atoms with van der Waals surface area (Å²) in [4.78, 5) is 11.2. The lowest BCUT2D eigenvalue weighted by Gasteiger charge is -2.37. The largest absolute Gasteiger partial charge is 0.625 e. The minimum absolute atomic E-state index is 0.110. The molecule has 0 bridgehead atoms. The summed E-state index contributed by atoms with van der Waals surface area (Å²) in [6, 6.07) is 0. The maximum absolute atomic E-state index is 11.7. The third-order valence-electron chi connectivity index (χ3n) is 1.48. The lowest BCUT2D eigenvalue weighted by Crippen LogP contribution is -2.48. The van der Waals surface area contributed by atoms with Gasteiger partial charge in [0.2, 0.25) is 0 Å². The van der Waals surface area contributed by atoms with Crippen molar-refractivity contribution in [2.24, 2.45) is 0 Å². The van der Waals surface area contributed by atoms with Crippen LogP contribution in [0.4, 0.5) is 0 Å². The Morgan fingerprint density at radius 2 is 1.83 bits per heavy atom. The number of hydroxylamine groups is 3. The van der Waals surface area contributed by atoms with Gasteiger partial charge in [0.25, 0.3) is 0 Å². The lowest BCUT2D eigenvalue weighted by molar-refractivity contribution is -0.790. The molecular formula is C8H14NO2P. The van der Waals surface area contributed by atoms with Gasteiger partial charge in [-0.3, -0.25) is 4.65 Å². The quantitative estimate of drug-likeness (QED) is 0.279. The van der Waals surface area contributed by atoms with Crippen LogP contribution in [0.3, 0.4) is 0 Å². The van der Waals surface area contributed by atoms with E-state index in [1.807, 2.05) is 0 Å². The van der Waals surface area contributed by atoms with Crippen LogP contribution in [0.2, 0.25) is 0 Å². The van der Waals surface area contributed by atoms with Gasteiger partial charge < -0.3 is 5.21 Å². The molecule has 0 aromatic rings. The number of rotatable bonds is 5. The van der Waals surface area contributed by atoms with Crippen molar-refractivity contribution in [1.29, 1.82) is 0 Å². The molecule has 1 amide bonds. The summed E-state index contributed by atoms with van der Waals surface area (Å²) in [7, 11) is 2.25. The summed E-state index contributed by atoms with van der Waals surface area (Å²) >= 11 is 0. The molecule has 3 nitrogen and oxygen atoms in total. The van der Waals surface area contributed by atoms with E-state index in [9.17, 15) is 10.0 Å². The van der Waals surface area contributed by atoms with Crippen LogP contribution in [0.1, 0.15) is 0 Å². The van der Waals surface area contributed by atoms with Gasteiger partial charge in [0, 0.05) is 0 Å². The molecule has 0 fully saturated rings. The molecule has 0 rings (SSSR count).